The molecule has 1 aliphatic heterocycles. The Bertz CT molecular complexity index is 1370. The summed E-state index contributed by atoms with van der Waals surface area (Å²) < 4.78 is 28.2. The number of likely N-dealkylation sites (N-methyl/N-ethyl adjacent to an activating group) is 1. The van der Waals surface area contributed by atoms with Gasteiger partial charge in [-0.05, 0) is 35.0 Å². The number of anilines is 1. The highest BCUT2D eigenvalue weighted by molar-refractivity contribution is 7.89. The van der Waals surface area contributed by atoms with Gasteiger partial charge >= 0.3 is 5.97 Å². The number of sulfonamides is 1. The number of rotatable bonds is 6. The minimum Gasteiger partial charge on any atom is -0.480 e. The van der Waals surface area contributed by atoms with E-state index in [2.05, 4.69) is 4.72 Å². The average molecular weight is 468 g/mol. The lowest BCUT2D eigenvalue weighted by molar-refractivity contribution is -0.138. The number of carboxylic acids is 1. The van der Waals surface area contributed by atoms with Crippen molar-refractivity contribution in [3.63, 3.8) is 0 Å². The number of hydrogen-bond donors (Lipinski definition) is 2. The summed E-state index contributed by atoms with van der Waals surface area (Å²) >= 11 is 0. The molecule has 0 spiro atoms. The van der Waals surface area contributed by atoms with Gasteiger partial charge in [0.25, 0.3) is 5.91 Å². The fraction of sp³-hybridized carbons (Fsp3) is 0.174. The largest absolute Gasteiger partial charge is 0.480 e. The van der Waals surface area contributed by atoms with Gasteiger partial charge in [0.15, 0.2) is 0 Å². The summed E-state index contributed by atoms with van der Waals surface area (Å²) in [7, 11) is -2.75. The van der Waals surface area contributed by atoms with E-state index in [1.165, 1.54) is 36.2 Å². The van der Waals surface area contributed by atoms with Crippen LogP contribution in [0.25, 0.3) is 10.8 Å². The molecule has 1 heterocycles. The van der Waals surface area contributed by atoms with Crippen LogP contribution < -0.4 is 9.62 Å². The van der Waals surface area contributed by atoms with Crippen LogP contribution in [-0.4, -0.2) is 62.4 Å². The first-order valence-electron chi connectivity index (χ1n) is 10.1. The Kier molecular flexibility index (Phi) is 5.88. The second kappa shape index (κ2) is 8.64. The number of benzene rings is 3. The molecular weight excluding hydrogens is 446 g/mol. The van der Waals surface area contributed by atoms with Crippen molar-refractivity contribution in [2.45, 2.75) is 10.9 Å². The molecule has 0 unspecified atom stereocenters. The lowest BCUT2D eigenvalue weighted by Crippen LogP contribution is -2.51. The second-order valence-corrected chi connectivity index (χ2v) is 9.42. The van der Waals surface area contributed by atoms with Crippen LogP contribution in [0, 0.1) is 0 Å². The molecule has 4 rings (SSSR count). The van der Waals surface area contributed by atoms with Crippen molar-refractivity contribution >= 4 is 44.3 Å². The molecule has 10 heteroatoms. The van der Waals surface area contributed by atoms with Crippen LogP contribution in [0.2, 0.25) is 0 Å². The lowest BCUT2D eigenvalue weighted by Gasteiger charge is -2.26. The van der Waals surface area contributed by atoms with E-state index in [1.807, 2.05) is 12.1 Å². The van der Waals surface area contributed by atoms with Gasteiger partial charge in [-0.3, -0.25) is 14.4 Å². The summed E-state index contributed by atoms with van der Waals surface area (Å²) in [4.78, 5) is 39.7. The highest BCUT2D eigenvalue weighted by Gasteiger charge is 2.34. The third-order valence-corrected chi connectivity index (χ3v) is 6.91. The molecule has 170 valence electrons. The maximum atomic E-state index is 13.0. The first kappa shape index (κ1) is 22.4. The van der Waals surface area contributed by atoms with Crippen LogP contribution in [0.4, 0.5) is 5.69 Å². The van der Waals surface area contributed by atoms with E-state index in [4.69, 9.17) is 0 Å². The number of carbonyl (C=O) groups excluding carboxylic acids is 2. The van der Waals surface area contributed by atoms with Crippen LogP contribution in [0.5, 0.6) is 0 Å². The van der Waals surface area contributed by atoms with Crippen molar-refractivity contribution < 1.29 is 27.9 Å². The Morgan fingerprint density at radius 3 is 2.42 bits per heavy atom. The maximum absolute atomic E-state index is 13.0. The zero-order chi connectivity index (χ0) is 23.8. The molecule has 0 radical (unpaired) electrons. The average Bonchev–Trinajstić information content (AvgIpc) is 2.88. The van der Waals surface area contributed by atoms with Crippen LogP contribution in [0.1, 0.15) is 10.4 Å². The van der Waals surface area contributed by atoms with E-state index >= 15 is 0 Å². The van der Waals surface area contributed by atoms with Crippen molar-refractivity contribution in [2.24, 2.45) is 0 Å². The van der Waals surface area contributed by atoms with Gasteiger partial charge < -0.3 is 14.9 Å². The van der Waals surface area contributed by atoms with Crippen LogP contribution in [-0.2, 0) is 19.6 Å². The monoisotopic (exact) mass is 467 g/mol. The van der Waals surface area contributed by atoms with Gasteiger partial charge in [0.1, 0.15) is 12.6 Å². The van der Waals surface area contributed by atoms with E-state index in [0.29, 0.717) is 5.39 Å². The van der Waals surface area contributed by atoms with Crippen LogP contribution in [0.15, 0.2) is 71.6 Å². The predicted octanol–water partition coefficient (Wildman–Crippen LogP) is 1.69. The Morgan fingerprint density at radius 2 is 1.70 bits per heavy atom. The molecule has 0 saturated heterocycles. The molecule has 1 atom stereocenters. The fourth-order valence-corrected chi connectivity index (χ4v) is 4.94. The zero-order valence-electron chi connectivity index (χ0n) is 17.6. The van der Waals surface area contributed by atoms with Crippen LogP contribution in [0.3, 0.4) is 0 Å². The molecule has 0 saturated carbocycles. The summed E-state index contributed by atoms with van der Waals surface area (Å²) in [5.41, 5.74) is 0.459. The first-order chi connectivity index (χ1) is 15.7. The molecular formula is C23H21N3O6S. The number of aliphatic carboxylic acids is 1. The van der Waals surface area contributed by atoms with Crippen molar-refractivity contribution in [1.82, 2.24) is 9.62 Å². The second-order valence-electron chi connectivity index (χ2n) is 7.70. The molecule has 0 aromatic heterocycles. The minimum atomic E-state index is -4.22. The topological polar surface area (TPSA) is 124 Å². The number of nitrogens with one attached hydrogen (secondary N) is 1. The molecule has 0 fully saturated rings. The smallest absolute Gasteiger partial charge is 0.323 e. The summed E-state index contributed by atoms with van der Waals surface area (Å²) in [6, 6.07) is 16.3. The third-order valence-electron chi connectivity index (χ3n) is 5.44. The van der Waals surface area contributed by atoms with Crippen molar-refractivity contribution in [3.05, 3.63) is 72.3 Å². The Labute approximate surface area is 190 Å². The molecule has 2 N–H and O–H groups in total. The Balaban J connectivity index is 1.66. The highest BCUT2D eigenvalue weighted by Crippen LogP contribution is 2.26. The normalized spacial score (nSPS) is 15.3. The number of fused-ring (bicyclic) bond motifs is 2. The van der Waals surface area contributed by atoms with E-state index in [1.54, 1.807) is 30.3 Å². The Morgan fingerprint density at radius 1 is 1.03 bits per heavy atom. The quantitative estimate of drug-likeness (QED) is 0.569. The number of para-hydroxylation sites is 1. The number of amides is 2. The van der Waals surface area contributed by atoms with Gasteiger partial charge in [-0.15, -0.1) is 0 Å². The van der Waals surface area contributed by atoms with Gasteiger partial charge in [0, 0.05) is 7.05 Å². The summed E-state index contributed by atoms with van der Waals surface area (Å²) in [5.74, 6) is -2.36. The van der Waals surface area contributed by atoms with E-state index in [0.717, 1.165) is 10.3 Å². The molecule has 3 aromatic rings. The summed E-state index contributed by atoms with van der Waals surface area (Å²) in [5, 5.41) is 11.3. The first-order valence-corrected chi connectivity index (χ1v) is 11.5. The van der Waals surface area contributed by atoms with Crippen molar-refractivity contribution in [1.29, 1.82) is 0 Å². The SMILES string of the molecule is CN1CC(=O)N(C[C@@H](NS(=O)(=O)c2ccc3ccccc3c2)C(=O)O)c2ccccc2C1=O. The predicted molar refractivity (Wildman–Crippen MR) is 121 cm³/mol. The van der Waals surface area contributed by atoms with Gasteiger partial charge in [-0.25, -0.2) is 8.42 Å². The molecule has 0 aliphatic carbocycles. The van der Waals surface area contributed by atoms with Crippen molar-refractivity contribution in [2.75, 3.05) is 25.0 Å². The Hall–Kier alpha value is -3.76. The molecule has 9 nitrogen and oxygen atoms in total. The van der Waals surface area contributed by atoms with Crippen LogP contribution >= 0.6 is 0 Å². The highest BCUT2D eigenvalue weighted by atomic mass is 32.2. The number of hydrogen-bond acceptors (Lipinski definition) is 5. The number of nitrogens with zero attached hydrogens (tertiary/aromatic N) is 2. The van der Waals surface area contributed by atoms with E-state index in [9.17, 15) is 27.9 Å². The van der Waals surface area contributed by atoms with Crippen molar-refractivity contribution in [3.8, 4) is 0 Å². The molecule has 2 amide bonds. The minimum absolute atomic E-state index is 0.0926. The molecule has 1 aliphatic rings. The molecule has 0 bridgehead atoms. The van der Waals surface area contributed by atoms with Gasteiger partial charge in [-0.1, -0.05) is 42.5 Å². The maximum Gasteiger partial charge on any atom is 0.323 e. The molecule has 3 aromatic carbocycles. The lowest BCUT2D eigenvalue weighted by atomic mass is 10.1. The van der Waals surface area contributed by atoms with Gasteiger partial charge in [0.2, 0.25) is 15.9 Å². The third kappa shape index (κ3) is 4.43. The van der Waals surface area contributed by atoms with Gasteiger partial charge in [-0.2, -0.15) is 4.72 Å². The van der Waals surface area contributed by atoms with E-state index < -0.39 is 34.5 Å². The number of carbonyl (C=O) groups is 3. The zero-order valence-corrected chi connectivity index (χ0v) is 18.5. The molecule has 33 heavy (non-hydrogen) atoms. The standard InChI is InChI=1S/C23H21N3O6S/c1-25-14-21(27)26(20-9-5-4-8-18(20)22(25)28)13-19(23(29)30)24-33(31,32)17-11-10-15-6-2-3-7-16(15)12-17/h2-12,19,24H,13-14H2,1H3,(H,29,30)/t19-/m1/s1. The summed E-state index contributed by atoms with van der Waals surface area (Å²) in [6.07, 6.45) is 0. The van der Waals surface area contributed by atoms with E-state index in [-0.39, 0.29) is 28.6 Å². The fourth-order valence-electron chi connectivity index (χ4n) is 3.73. The van der Waals surface area contributed by atoms with Gasteiger partial charge in [0.05, 0.1) is 22.7 Å². The number of carboxylic acid groups (broad SMARTS) is 1. The summed E-state index contributed by atoms with van der Waals surface area (Å²) in [6.45, 7) is -0.754.